The molecule has 0 spiro atoms. The summed E-state index contributed by atoms with van der Waals surface area (Å²) in [6.07, 6.45) is 1.85. The first-order valence-electron chi connectivity index (χ1n) is 4.70. The largest absolute Gasteiger partial charge is 0.353 e. The van der Waals surface area contributed by atoms with Crippen molar-refractivity contribution in [3.63, 3.8) is 0 Å². The Labute approximate surface area is 92.9 Å². The minimum Gasteiger partial charge on any atom is -0.353 e. The monoisotopic (exact) mass is 255 g/mol. The van der Waals surface area contributed by atoms with Gasteiger partial charge in [0.05, 0.1) is 0 Å². The summed E-state index contributed by atoms with van der Waals surface area (Å²) in [6, 6.07) is 4.77. The van der Waals surface area contributed by atoms with E-state index < -0.39 is 0 Å². The fraction of sp³-hybridized carbons (Fsp3) is 0.500. The van der Waals surface area contributed by atoms with E-state index in [2.05, 4.69) is 50.9 Å². The average molecular weight is 256 g/mol. The second-order valence-corrected chi connectivity index (χ2v) is 4.77. The zero-order valence-corrected chi connectivity index (χ0v) is 10.0. The Morgan fingerprint density at radius 1 is 1.43 bits per heavy atom. The fourth-order valence-electron chi connectivity index (χ4n) is 1.52. The van der Waals surface area contributed by atoms with Crippen LogP contribution in [0.3, 0.4) is 0 Å². The van der Waals surface area contributed by atoms with E-state index in [-0.39, 0.29) is 0 Å². The molecule has 0 N–H and O–H groups in total. The van der Waals surface area contributed by atoms with E-state index in [4.69, 9.17) is 0 Å². The molecule has 1 saturated heterocycles. The molecule has 0 aliphatic carbocycles. The van der Waals surface area contributed by atoms with Crippen LogP contribution in [-0.4, -0.2) is 43.1 Å². The van der Waals surface area contributed by atoms with Crippen molar-refractivity contribution in [2.24, 2.45) is 0 Å². The Balaban J connectivity index is 1.96. The molecule has 0 saturated carbocycles. The van der Waals surface area contributed by atoms with Crippen molar-refractivity contribution in [2.45, 2.75) is 6.04 Å². The van der Waals surface area contributed by atoms with E-state index in [1.807, 2.05) is 12.3 Å². The Morgan fingerprint density at radius 3 is 2.64 bits per heavy atom. The first kappa shape index (κ1) is 9.93. The highest BCUT2D eigenvalue weighted by Crippen LogP contribution is 2.21. The summed E-state index contributed by atoms with van der Waals surface area (Å²) in [5.74, 6) is 1.08. The average Bonchev–Trinajstić information content (AvgIpc) is 2.05. The molecule has 1 aromatic rings. The fourth-order valence-corrected chi connectivity index (χ4v) is 1.76. The van der Waals surface area contributed by atoms with Gasteiger partial charge in [-0.3, -0.25) is 0 Å². The molecular weight excluding hydrogens is 242 g/mol. The third-order valence-electron chi connectivity index (χ3n) is 2.63. The Bertz CT molecular complexity index is 304. The van der Waals surface area contributed by atoms with Crippen LogP contribution >= 0.6 is 15.9 Å². The molecule has 0 unspecified atom stereocenters. The summed E-state index contributed by atoms with van der Waals surface area (Å²) in [7, 11) is 4.24. The van der Waals surface area contributed by atoms with Gasteiger partial charge in [0.2, 0.25) is 0 Å². The van der Waals surface area contributed by atoms with Gasteiger partial charge in [0.25, 0.3) is 0 Å². The lowest BCUT2D eigenvalue weighted by molar-refractivity contribution is 0.246. The van der Waals surface area contributed by atoms with Gasteiger partial charge < -0.3 is 9.80 Å². The molecule has 2 rings (SSSR count). The molecule has 14 heavy (non-hydrogen) atoms. The molecule has 0 aromatic carbocycles. The van der Waals surface area contributed by atoms with Crippen LogP contribution in [0.15, 0.2) is 22.8 Å². The van der Waals surface area contributed by atoms with Gasteiger partial charge in [0, 0.05) is 29.8 Å². The molecule has 76 valence electrons. The van der Waals surface area contributed by atoms with E-state index in [1.54, 1.807) is 0 Å². The summed E-state index contributed by atoms with van der Waals surface area (Å²) in [5, 5.41) is 0. The Morgan fingerprint density at radius 2 is 2.14 bits per heavy atom. The number of likely N-dealkylation sites (N-methyl/N-ethyl adjacent to an activating group) is 1. The molecule has 0 amide bonds. The predicted octanol–water partition coefficient (Wildman–Crippen LogP) is 1.59. The minimum atomic E-state index is 0.681. The minimum absolute atomic E-state index is 0.681. The lowest BCUT2D eigenvalue weighted by Gasteiger charge is -2.43. The van der Waals surface area contributed by atoms with E-state index in [1.165, 1.54) is 0 Å². The smallest absolute Gasteiger partial charge is 0.128 e. The Kier molecular flexibility index (Phi) is 2.74. The van der Waals surface area contributed by atoms with E-state index in [0.29, 0.717) is 6.04 Å². The Hall–Kier alpha value is -0.610. The molecule has 1 aromatic heterocycles. The van der Waals surface area contributed by atoms with Crippen LogP contribution in [0.25, 0.3) is 0 Å². The molecule has 0 radical (unpaired) electrons. The van der Waals surface area contributed by atoms with E-state index in [0.717, 1.165) is 23.4 Å². The number of hydrogen-bond acceptors (Lipinski definition) is 3. The number of hydrogen-bond donors (Lipinski definition) is 0. The van der Waals surface area contributed by atoms with Crippen molar-refractivity contribution in [2.75, 3.05) is 32.1 Å². The van der Waals surface area contributed by atoms with Gasteiger partial charge in [0.15, 0.2) is 0 Å². The highest BCUT2D eigenvalue weighted by atomic mass is 79.9. The van der Waals surface area contributed by atoms with Crippen LogP contribution in [0.5, 0.6) is 0 Å². The molecule has 0 bridgehead atoms. The summed E-state index contributed by atoms with van der Waals surface area (Å²) in [4.78, 5) is 8.90. The molecule has 1 fully saturated rings. The zero-order chi connectivity index (χ0) is 10.1. The van der Waals surface area contributed by atoms with Gasteiger partial charge >= 0.3 is 0 Å². The van der Waals surface area contributed by atoms with Crippen molar-refractivity contribution in [3.8, 4) is 0 Å². The number of halogens is 1. The van der Waals surface area contributed by atoms with Crippen LogP contribution in [0.1, 0.15) is 0 Å². The van der Waals surface area contributed by atoms with Crippen molar-refractivity contribution in [3.05, 3.63) is 22.8 Å². The summed E-state index contributed by atoms with van der Waals surface area (Å²) < 4.78 is 1.03. The van der Waals surface area contributed by atoms with Gasteiger partial charge in [0.1, 0.15) is 5.82 Å². The van der Waals surface area contributed by atoms with E-state index >= 15 is 0 Å². The lowest BCUT2D eigenvalue weighted by Crippen LogP contribution is -2.57. The summed E-state index contributed by atoms with van der Waals surface area (Å²) >= 11 is 3.38. The van der Waals surface area contributed by atoms with Gasteiger partial charge in [-0.05, 0) is 42.2 Å². The standard InChI is InChI=1S/C10H14BrN3/c1-13(2)9-6-14(7-9)10-4-3-8(11)5-12-10/h3-5,9H,6-7H2,1-2H3. The van der Waals surface area contributed by atoms with Crippen LogP contribution in [0.4, 0.5) is 5.82 Å². The number of aromatic nitrogens is 1. The number of pyridine rings is 1. The van der Waals surface area contributed by atoms with Gasteiger partial charge in [-0.15, -0.1) is 0 Å². The lowest BCUT2D eigenvalue weighted by atomic mass is 10.1. The number of anilines is 1. The van der Waals surface area contributed by atoms with Crippen LogP contribution < -0.4 is 4.90 Å². The molecule has 4 heteroatoms. The SMILES string of the molecule is CN(C)C1CN(c2ccc(Br)cn2)C1. The molecule has 3 nitrogen and oxygen atoms in total. The highest BCUT2D eigenvalue weighted by molar-refractivity contribution is 9.10. The molecule has 0 atom stereocenters. The van der Waals surface area contributed by atoms with Crippen molar-refractivity contribution in [1.29, 1.82) is 0 Å². The second-order valence-electron chi connectivity index (χ2n) is 3.86. The number of rotatable bonds is 2. The maximum Gasteiger partial charge on any atom is 0.128 e. The third kappa shape index (κ3) is 1.91. The van der Waals surface area contributed by atoms with Crippen LogP contribution in [0.2, 0.25) is 0 Å². The highest BCUT2D eigenvalue weighted by Gasteiger charge is 2.28. The van der Waals surface area contributed by atoms with Gasteiger partial charge in [-0.25, -0.2) is 4.98 Å². The molecule has 2 heterocycles. The topological polar surface area (TPSA) is 19.4 Å². The predicted molar refractivity (Wildman–Crippen MR) is 61.6 cm³/mol. The number of nitrogens with zero attached hydrogens (tertiary/aromatic N) is 3. The van der Waals surface area contributed by atoms with Gasteiger partial charge in [-0.1, -0.05) is 0 Å². The zero-order valence-electron chi connectivity index (χ0n) is 8.44. The third-order valence-corrected chi connectivity index (χ3v) is 3.10. The first-order valence-corrected chi connectivity index (χ1v) is 5.49. The molecule has 1 aliphatic heterocycles. The van der Waals surface area contributed by atoms with Crippen LogP contribution in [0, 0.1) is 0 Å². The quantitative estimate of drug-likeness (QED) is 0.801. The maximum atomic E-state index is 4.35. The van der Waals surface area contributed by atoms with E-state index in [9.17, 15) is 0 Å². The van der Waals surface area contributed by atoms with Crippen molar-refractivity contribution in [1.82, 2.24) is 9.88 Å². The first-order chi connectivity index (χ1) is 6.66. The summed E-state index contributed by atoms with van der Waals surface area (Å²) in [5.41, 5.74) is 0. The summed E-state index contributed by atoms with van der Waals surface area (Å²) in [6.45, 7) is 2.17. The maximum absolute atomic E-state index is 4.35. The van der Waals surface area contributed by atoms with Crippen LogP contribution in [-0.2, 0) is 0 Å². The normalized spacial score (nSPS) is 17.3. The molecule has 1 aliphatic rings. The second kappa shape index (κ2) is 3.87. The molecular formula is C10H14BrN3. The van der Waals surface area contributed by atoms with Gasteiger partial charge in [-0.2, -0.15) is 0 Å². The van der Waals surface area contributed by atoms with Crippen molar-refractivity contribution < 1.29 is 0 Å². The van der Waals surface area contributed by atoms with Crippen molar-refractivity contribution >= 4 is 21.7 Å².